The monoisotopic (exact) mass is 430 g/mol. The molecule has 0 aromatic heterocycles. The van der Waals surface area contributed by atoms with E-state index in [2.05, 4.69) is 0 Å². The van der Waals surface area contributed by atoms with Crippen LogP contribution in [0.1, 0.15) is 19.8 Å². The van der Waals surface area contributed by atoms with Crippen LogP contribution in [0.4, 0.5) is 5.69 Å². The van der Waals surface area contributed by atoms with Crippen molar-refractivity contribution in [3.05, 3.63) is 48.5 Å². The molecule has 160 valence electrons. The molecule has 0 aliphatic carbocycles. The second-order valence-electron chi connectivity index (χ2n) is 7.41. The van der Waals surface area contributed by atoms with Crippen LogP contribution in [0.15, 0.2) is 53.4 Å². The Morgan fingerprint density at radius 3 is 2.67 bits per heavy atom. The lowest BCUT2D eigenvalue weighted by Crippen LogP contribution is -2.48. The number of fused-ring (bicyclic) bond motifs is 1. The first-order chi connectivity index (χ1) is 14.5. The largest absolute Gasteiger partial charge is 0.494 e. The number of hydrogen-bond donors (Lipinski definition) is 0. The van der Waals surface area contributed by atoms with E-state index in [1.54, 1.807) is 29.2 Å². The highest BCUT2D eigenvalue weighted by Gasteiger charge is 2.36. The quantitative estimate of drug-likeness (QED) is 0.729. The van der Waals surface area contributed by atoms with Crippen LogP contribution in [0.2, 0.25) is 0 Å². The summed E-state index contributed by atoms with van der Waals surface area (Å²) < 4.78 is 38.7. The van der Waals surface area contributed by atoms with Crippen LogP contribution >= 0.6 is 0 Å². The number of carbonyl (C=O) groups excluding carboxylic acids is 1. The zero-order valence-electron chi connectivity index (χ0n) is 17.0. The highest BCUT2D eigenvalue weighted by atomic mass is 32.2. The zero-order valence-corrected chi connectivity index (χ0v) is 17.8. The summed E-state index contributed by atoms with van der Waals surface area (Å²) in [6.07, 6.45) is 1.33. The van der Waals surface area contributed by atoms with Crippen molar-refractivity contribution < 1.29 is 22.7 Å². The van der Waals surface area contributed by atoms with Gasteiger partial charge >= 0.3 is 0 Å². The van der Waals surface area contributed by atoms with E-state index in [0.29, 0.717) is 50.6 Å². The van der Waals surface area contributed by atoms with E-state index in [1.807, 2.05) is 31.2 Å². The molecule has 7 nitrogen and oxygen atoms in total. The molecule has 1 fully saturated rings. The molecule has 1 amide bonds. The van der Waals surface area contributed by atoms with Gasteiger partial charge in [0.25, 0.3) is 0 Å². The third-order valence-corrected chi connectivity index (χ3v) is 7.38. The van der Waals surface area contributed by atoms with E-state index in [1.165, 1.54) is 4.31 Å². The number of hydrogen-bond acceptors (Lipinski definition) is 5. The van der Waals surface area contributed by atoms with E-state index in [0.717, 1.165) is 5.69 Å². The molecule has 30 heavy (non-hydrogen) atoms. The Balaban J connectivity index is 1.51. The Morgan fingerprint density at radius 2 is 1.90 bits per heavy atom. The normalized spacial score (nSPS) is 19.6. The van der Waals surface area contributed by atoms with Crippen molar-refractivity contribution in [1.29, 1.82) is 0 Å². The molecule has 1 unspecified atom stereocenters. The fourth-order valence-corrected chi connectivity index (χ4v) is 5.53. The van der Waals surface area contributed by atoms with Gasteiger partial charge in [-0.3, -0.25) is 4.79 Å². The van der Waals surface area contributed by atoms with Gasteiger partial charge in [0.1, 0.15) is 18.1 Å². The summed E-state index contributed by atoms with van der Waals surface area (Å²) in [7, 11) is -3.67. The molecular formula is C22H26N2O5S. The van der Waals surface area contributed by atoms with Gasteiger partial charge in [-0.1, -0.05) is 12.1 Å². The summed E-state index contributed by atoms with van der Waals surface area (Å²) in [5, 5.41) is 0. The number of para-hydroxylation sites is 2. The third-order valence-electron chi connectivity index (χ3n) is 5.50. The fraction of sp³-hybridized carbons (Fsp3) is 0.409. The Kier molecular flexibility index (Phi) is 5.97. The number of sulfonamides is 1. The van der Waals surface area contributed by atoms with Crippen molar-refractivity contribution in [2.75, 3.05) is 37.7 Å². The highest BCUT2D eigenvalue weighted by molar-refractivity contribution is 7.89. The lowest BCUT2D eigenvalue weighted by Gasteiger charge is -2.36. The molecule has 1 saturated heterocycles. The zero-order chi connectivity index (χ0) is 21.1. The molecule has 2 aromatic carbocycles. The number of carbonyl (C=O) groups is 1. The molecule has 1 atom stereocenters. The van der Waals surface area contributed by atoms with Crippen LogP contribution in [0.5, 0.6) is 11.5 Å². The van der Waals surface area contributed by atoms with Crippen molar-refractivity contribution in [2.45, 2.75) is 24.7 Å². The lowest BCUT2D eigenvalue weighted by molar-refractivity contribution is -0.123. The number of amides is 1. The van der Waals surface area contributed by atoms with Crippen molar-refractivity contribution >= 4 is 21.6 Å². The van der Waals surface area contributed by atoms with Crippen LogP contribution in [0, 0.1) is 5.92 Å². The molecule has 2 aliphatic heterocycles. The SMILES string of the molecule is CCOc1ccc(S(=O)(=O)N2CCCC(C(=O)N3CCOc4ccccc43)C2)cc1. The number of rotatable bonds is 5. The van der Waals surface area contributed by atoms with E-state index in [-0.39, 0.29) is 23.3 Å². The number of piperidine rings is 1. The lowest BCUT2D eigenvalue weighted by atomic mass is 9.97. The fourth-order valence-electron chi connectivity index (χ4n) is 4.00. The summed E-state index contributed by atoms with van der Waals surface area (Å²) in [5.41, 5.74) is 0.750. The topological polar surface area (TPSA) is 76.2 Å². The van der Waals surface area contributed by atoms with E-state index >= 15 is 0 Å². The van der Waals surface area contributed by atoms with Crippen LogP contribution in [0.25, 0.3) is 0 Å². The average molecular weight is 431 g/mol. The van der Waals surface area contributed by atoms with Crippen LogP contribution in [-0.4, -0.2) is 51.5 Å². The molecular weight excluding hydrogens is 404 g/mol. The first-order valence-electron chi connectivity index (χ1n) is 10.3. The molecule has 2 heterocycles. The number of anilines is 1. The second kappa shape index (κ2) is 8.65. The van der Waals surface area contributed by atoms with Gasteiger partial charge in [-0.2, -0.15) is 4.31 Å². The minimum absolute atomic E-state index is 0.0441. The predicted molar refractivity (Wildman–Crippen MR) is 113 cm³/mol. The molecule has 0 bridgehead atoms. The molecule has 4 rings (SSSR count). The molecule has 0 saturated carbocycles. The Hall–Kier alpha value is -2.58. The van der Waals surface area contributed by atoms with Crippen LogP contribution in [-0.2, 0) is 14.8 Å². The minimum atomic E-state index is -3.67. The van der Waals surface area contributed by atoms with Gasteiger partial charge in [-0.05, 0) is 56.2 Å². The first-order valence-corrected chi connectivity index (χ1v) is 11.7. The Bertz CT molecular complexity index is 1010. The van der Waals surface area contributed by atoms with Crippen LogP contribution < -0.4 is 14.4 Å². The van der Waals surface area contributed by atoms with E-state index in [9.17, 15) is 13.2 Å². The predicted octanol–water partition coefficient (Wildman–Crippen LogP) is 2.91. The molecule has 2 aliphatic rings. The van der Waals surface area contributed by atoms with E-state index < -0.39 is 10.0 Å². The molecule has 0 spiro atoms. The maximum Gasteiger partial charge on any atom is 0.243 e. The standard InChI is InChI=1S/C22H26N2O5S/c1-2-28-18-9-11-19(12-10-18)30(26,27)23-13-5-6-17(16-23)22(25)24-14-15-29-21-8-4-3-7-20(21)24/h3-4,7-12,17H,2,5-6,13-16H2,1H3. The second-order valence-corrected chi connectivity index (χ2v) is 9.35. The molecule has 2 aromatic rings. The molecule has 8 heteroatoms. The van der Waals surface area contributed by atoms with Crippen molar-refractivity contribution in [2.24, 2.45) is 5.92 Å². The summed E-state index contributed by atoms with van der Waals surface area (Å²) in [5.74, 6) is 0.903. The molecule has 0 radical (unpaired) electrons. The third kappa shape index (κ3) is 4.02. The van der Waals surface area contributed by atoms with Gasteiger partial charge < -0.3 is 14.4 Å². The van der Waals surface area contributed by atoms with Crippen molar-refractivity contribution in [1.82, 2.24) is 4.31 Å². The first kappa shape index (κ1) is 20.7. The summed E-state index contributed by atoms with van der Waals surface area (Å²) in [6, 6.07) is 13.9. The number of ether oxygens (including phenoxy) is 2. The smallest absolute Gasteiger partial charge is 0.243 e. The minimum Gasteiger partial charge on any atom is -0.494 e. The highest BCUT2D eigenvalue weighted by Crippen LogP contribution is 2.34. The van der Waals surface area contributed by atoms with E-state index in [4.69, 9.17) is 9.47 Å². The van der Waals surface area contributed by atoms with Gasteiger partial charge in [0.2, 0.25) is 15.9 Å². The van der Waals surface area contributed by atoms with Crippen molar-refractivity contribution in [3.63, 3.8) is 0 Å². The van der Waals surface area contributed by atoms with Gasteiger partial charge in [0.05, 0.1) is 29.7 Å². The van der Waals surface area contributed by atoms with Gasteiger partial charge in [0, 0.05) is 13.1 Å². The Labute approximate surface area is 177 Å². The maximum absolute atomic E-state index is 13.3. The number of nitrogens with zero attached hydrogens (tertiary/aromatic N) is 2. The average Bonchev–Trinajstić information content (AvgIpc) is 2.79. The molecule has 0 N–H and O–H groups in total. The van der Waals surface area contributed by atoms with Crippen LogP contribution in [0.3, 0.4) is 0 Å². The van der Waals surface area contributed by atoms with Gasteiger partial charge in [0.15, 0.2) is 0 Å². The maximum atomic E-state index is 13.3. The van der Waals surface area contributed by atoms with Gasteiger partial charge in [-0.15, -0.1) is 0 Å². The Morgan fingerprint density at radius 1 is 1.13 bits per heavy atom. The summed E-state index contributed by atoms with van der Waals surface area (Å²) in [4.78, 5) is 15.2. The summed E-state index contributed by atoms with van der Waals surface area (Å²) in [6.45, 7) is 3.91. The van der Waals surface area contributed by atoms with Crippen molar-refractivity contribution in [3.8, 4) is 11.5 Å². The summed E-state index contributed by atoms with van der Waals surface area (Å²) >= 11 is 0. The van der Waals surface area contributed by atoms with Gasteiger partial charge in [-0.25, -0.2) is 8.42 Å². The number of benzene rings is 2.